The van der Waals surface area contributed by atoms with E-state index in [9.17, 15) is 4.79 Å². The molecule has 2 aromatic heterocycles. The summed E-state index contributed by atoms with van der Waals surface area (Å²) in [4.78, 5) is 34.7. The van der Waals surface area contributed by atoms with Crippen molar-refractivity contribution in [1.29, 1.82) is 0 Å². The van der Waals surface area contributed by atoms with Gasteiger partial charge in [-0.25, -0.2) is 9.97 Å². The minimum Gasteiger partial charge on any atom is -0.347 e. The van der Waals surface area contributed by atoms with Crippen LogP contribution in [0.3, 0.4) is 0 Å². The van der Waals surface area contributed by atoms with Crippen LogP contribution < -0.4 is 0 Å². The molecule has 0 radical (unpaired) electrons. The van der Waals surface area contributed by atoms with Crippen LogP contribution in [0.15, 0.2) is 73.3 Å². The summed E-state index contributed by atoms with van der Waals surface area (Å²) in [5.41, 5.74) is 4.52. The number of carbonyl (C=O) groups excluding carboxylic acids is 1. The monoisotopic (exact) mass is 527 g/mol. The van der Waals surface area contributed by atoms with Gasteiger partial charge in [-0.15, -0.1) is 0 Å². The van der Waals surface area contributed by atoms with Crippen LogP contribution >= 0.6 is 0 Å². The first kappa shape index (κ1) is 28.3. The van der Waals surface area contributed by atoms with Crippen molar-refractivity contribution < 1.29 is 4.79 Å². The Balaban J connectivity index is 1.35. The number of aromatic amines is 2. The summed E-state index contributed by atoms with van der Waals surface area (Å²) in [6.45, 7) is 10.2. The van der Waals surface area contributed by atoms with Gasteiger partial charge >= 0.3 is 0 Å². The Labute approximate surface area is 232 Å². The number of imidazole rings is 2. The molecule has 0 spiro atoms. The van der Waals surface area contributed by atoms with E-state index in [1.54, 1.807) is 29.7 Å². The van der Waals surface area contributed by atoms with Crippen LogP contribution in [-0.4, -0.2) is 60.7 Å². The Kier molecular flexibility index (Phi) is 10.4. The number of H-pyrrole nitrogens is 2. The molecule has 0 saturated heterocycles. The average molecular weight is 528 g/mol. The molecule has 1 amide bonds. The van der Waals surface area contributed by atoms with Gasteiger partial charge in [-0.05, 0) is 61.8 Å². The highest BCUT2D eigenvalue weighted by Gasteiger charge is 2.19. The molecule has 8 nitrogen and oxygen atoms in total. The zero-order chi connectivity index (χ0) is 27.5. The summed E-state index contributed by atoms with van der Waals surface area (Å²) in [5, 5.41) is 0. The van der Waals surface area contributed by atoms with Crippen LogP contribution in [0.2, 0.25) is 0 Å². The fourth-order valence-corrected chi connectivity index (χ4v) is 4.93. The van der Waals surface area contributed by atoms with Crippen molar-refractivity contribution in [1.82, 2.24) is 34.6 Å². The molecule has 2 N–H and O–H groups in total. The minimum absolute atomic E-state index is 0.0558. The molecular formula is C31H41N7O. The third-order valence-corrected chi connectivity index (χ3v) is 6.66. The molecule has 2 aromatic carbocycles. The topological polar surface area (TPSA) is 84.2 Å². The lowest BCUT2D eigenvalue weighted by atomic mass is 10.1. The normalized spacial score (nSPS) is 11.4. The van der Waals surface area contributed by atoms with Gasteiger partial charge in [0, 0.05) is 50.0 Å². The van der Waals surface area contributed by atoms with E-state index in [1.807, 2.05) is 24.3 Å². The van der Waals surface area contributed by atoms with E-state index in [2.05, 4.69) is 74.9 Å². The number of amides is 1. The smallest absolute Gasteiger partial charge is 0.254 e. The van der Waals surface area contributed by atoms with Gasteiger partial charge in [0.15, 0.2) is 0 Å². The molecule has 0 aliphatic heterocycles. The number of aromatic nitrogens is 4. The number of nitrogens with one attached hydrogen (secondary N) is 2. The van der Waals surface area contributed by atoms with E-state index >= 15 is 0 Å². The van der Waals surface area contributed by atoms with Crippen molar-refractivity contribution in [2.75, 3.05) is 20.1 Å². The number of benzene rings is 2. The van der Waals surface area contributed by atoms with Crippen molar-refractivity contribution in [2.24, 2.45) is 0 Å². The maximum Gasteiger partial charge on any atom is 0.254 e. The Morgan fingerprint density at radius 3 is 1.85 bits per heavy atom. The largest absolute Gasteiger partial charge is 0.347 e. The van der Waals surface area contributed by atoms with Gasteiger partial charge in [0.2, 0.25) is 0 Å². The molecule has 0 fully saturated rings. The molecular weight excluding hydrogens is 486 g/mol. The molecule has 206 valence electrons. The Hall–Kier alpha value is -3.75. The lowest BCUT2D eigenvalue weighted by Gasteiger charge is -2.22. The maximum atomic E-state index is 13.4. The second-order valence-electron chi connectivity index (χ2n) is 10.2. The molecule has 0 aliphatic rings. The molecule has 0 unspecified atom stereocenters. The summed E-state index contributed by atoms with van der Waals surface area (Å²) in [6.07, 6.45) is 9.28. The standard InChI is InChI=1S/C31H41N7O/c1-4-17-37(18-5-2)22-27-8-6-7-26(19-27)21-36(3)20-25-9-11-28(12-10-25)31(39)38(23-29-32-13-14-33-29)24-30-34-15-16-35-30/h6-16,19H,4-5,17-18,20-24H2,1-3H3,(H,32,33)(H,34,35). The van der Waals surface area contributed by atoms with E-state index < -0.39 is 0 Å². The van der Waals surface area contributed by atoms with Crippen LogP contribution in [0, 0.1) is 0 Å². The number of hydrogen-bond acceptors (Lipinski definition) is 5. The highest BCUT2D eigenvalue weighted by Crippen LogP contribution is 2.16. The molecule has 0 aliphatic carbocycles. The first-order chi connectivity index (χ1) is 19.0. The highest BCUT2D eigenvalue weighted by atomic mass is 16.2. The van der Waals surface area contributed by atoms with Crippen LogP contribution in [0.25, 0.3) is 0 Å². The van der Waals surface area contributed by atoms with Gasteiger partial charge < -0.3 is 14.9 Å². The lowest BCUT2D eigenvalue weighted by molar-refractivity contribution is 0.0721. The molecule has 8 heteroatoms. The third kappa shape index (κ3) is 8.63. The minimum atomic E-state index is -0.0558. The summed E-state index contributed by atoms with van der Waals surface area (Å²) in [7, 11) is 2.14. The molecule has 39 heavy (non-hydrogen) atoms. The van der Waals surface area contributed by atoms with Gasteiger partial charge in [0.25, 0.3) is 5.91 Å². The van der Waals surface area contributed by atoms with E-state index in [4.69, 9.17) is 0 Å². The van der Waals surface area contributed by atoms with E-state index in [0.29, 0.717) is 18.7 Å². The Morgan fingerprint density at radius 1 is 0.744 bits per heavy atom. The zero-order valence-corrected chi connectivity index (χ0v) is 23.4. The third-order valence-electron chi connectivity index (χ3n) is 6.66. The maximum absolute atomic E-state index is 13.4. The van der Waals surface area contributed by atoms with Crippen molar-refractivity contribution in [3.8, 4) is 0 Å². The quantitative estimate of drug-likeness (QED) is 0.221. The number of carbonyl (C=O) groups is 1. The average Bonchev–Trinajstić information content (AvgIpc) is 3.64. The molecule has 4 rings (SSSR count). The van der Waals surface area contributed by atoms with Gasteiger partial charge in [-0.3, -0.25) is 14.6 Å². The van der Waals surface area contributed by atoms with Crippen molar-refractivity contribution in [3.63, 3.8) is 0 Å². The predicted octanol–water partition coefficient (Wildman–Crippen LogP) is 5.23. The van der Waals surface area contributed by atoms with Crippen molar-refractivity contribution in [2.45, 2.75) is 59.4 Å². The van der Waals surface area contributed by atoms with E-state index in [1.165, 1.54) is 29.5 Å². The van der Waals surface area contributed by atoms with Crippen LogP contribution in [-0.2, 0) is 32.7 Å². The van der Waals surface area contributed by atoms with Gasteiger partial charge in [-0.1, -0.05) is 50.2 Å². The highest BCUT2D eigenvalue weighted by molar-refractivity contribution is 5.94. The molecule has 2 heterocycles. The molecule has 0 saturated carbocycles. The predicted molar refractivity (Wildman–Crippen MR) is 155 cm³/mol. The SMILES string of the molecule is CCCN(CCC)Cc1cccc(CN(C)Cc2ccc(C(=O)N(Cc3ncc[nH]3)Cc3ncc[nH]3)cc2)c1. The first-order valence-corrected chi connectivity index (χ1v) is 13.9. The number of hydrogen-bond donors (Lipinski definition) is 2. The van der Waals surface area contributed by atoms with Crippen LogP contribution in [0.4, 0.5) is 0 Å². The molecule has 4 aromatic rings. The van der Waals surface area contributed by atoms with Crippen LogP contribution in [0.5, 0.6) is 0 Å². The second-order valence-corrected chi connectivity index (χ2v) is 10.2. The summed E-state index contributed by atoms with van der Waals surface area (Å²) < 4.78 is 0. The Morgan fingerprint density at radius 2 is 1.31 bits per heavy atom. The van der Waals surface area contributed by atoms with E-state index in [-0.39, 0.29) is 5.91 Å². The fraction of sp³-hybridized carbons (Fsp3) is 0.387. The lowest BCUT2D eigenvalue weighted by Crippen LogP contribution is -2.31. The number of rotatable bonds is 15. The molecule has 0 atom stereocenters. The van der Waals surface area contributed by atoms with Gasteiger partial charge in [0.05, 0.1) is 13.1 Å². The van der Waals surface area contributed by atoms with Gasteiger partial charge in [0.1, 0.15) is 11.6 Å². The Bertz CT molecular complexity index is 1210. The van der Waals surface area contributed by atoms with Gasteiger partial charge in [-0.2, -0.15) is 0 Å². The summed E-state index contributed by atoms with van der Waals surface area (Å²) in [5.74, 6) is 1.42. The van der Waals surface area contributed by atoms with Crippen molar-refractivity contribution >= 4 is 5.91 Å². The summed E-state index contributed by atoms with van der Waals surface area (Å²) in [6, 6.07) is 16.9. The van der Waals surface area contributed by atoms with Crippen molar-refractivity contribution in [3.05, 3.63) is 107 Å². The summed E-state index contributed by atoms with van der Waals surface area (Å²) >= 11 is 0. The first-order valence-electron chi connectivity index (χ1n) is 13.9. The molecule has 0 bridgehead atoms. The fourth-order valence-electron chi connectivity index (χ4n) is 4.93. The van der Waals surface area contributed by atoms with Crippen LogP contribution in [0.1, 0.15) is 65.4 Å². The van der Waals surface area contributed by atoms with E-state index in [0.717, 1.165) is 44.4 Å². The zero-order valence-electron chi connectivity index (χ0n) is 23.4. The second kappa shape index (κ2) is 14.4. The number of nitrogens with zero attached hydrogens (tertiary/aromatic N) is 5.